The van der Waals surface area contributed by atoms with Crippen molar-refractivity contribution in [2.45, 2.75) is 6.10 Å². The summed E-state index contributed by atoms with van der Waals surface area (Å²) in [5.74, 6) is 0. The Hall–Kier alpha value is -0.830. The molecule has 0 saturated heterocycles. The molecule has 0 saturated carbocycles. The van der Waals surface area contributed by atoms with E-state index in [2.05, 4.69) is 0 Å². The first-order chi connectivity index (χ1) is 6.38. The molecule has 1 aliphatic rings. The van der Waals surface area contributed by atoms with Gasteiger partial charge in [0.1, 0.15) is 12.7 Å². The summed E-state index contributed by atoms with van der Waals surface area (Å²) in [6, 6.07) is 7.57. The van der Waals surface area contributed by atoms with Crippen LogP contribution < -0.4 is 0 Å². The van der Waals surface area contributed by atoms with Gasteiger partial charge in [-0.25, -0.2) is 9.78 Å². The number of rotatable bonds is 1. The summed E-state index contributed by atoms with van der Waals surface area (Å²) in [4.78, 5) is 9.92. The van der Waals surface area contributed by atoms with Crippen molar-refractivity contribution in [3.8, 4) is 0 Å². The fraction of sp³-hybridized carbons (Fsp3) is 0.200. The van der Waals surface area contributed by atoms with Gasteiger partial charge in [0.05, 0.1) is 0 Å². The van der Waals surface area contributed by atoms with Gasteiger partial charge in [0.25, 0.3) is 0 Å². The summed E-state index contributed by atoms with van der Waals surface area (Å²) < 4.78 is 0. The van der Waals surface area contributed by atoms with Crippen molar-refractivity contribution in [3.05, 3.63) is 47.0 Å². The highest BCUT2D eigenvalue weighted by Gasteiger charge is 2.14. The zero-order valence-electron chi connectivity index (χ0n) is 6.94. The van der Waals surface area contributed by atoms with E-state index in [9.17, 15) is 0 Å². The highest BCUT2D eigenvalue weighted by atomic mass is 35.5. The molecule has 1 aliphatic heterocycles. The van der Waals surface area contributed by atoms with E-state index in [1.54, 1.807) is 0 Å². The van der Waals surface area contributed by atoms with Crippen LogP contribution in [0.15, 0.2) is 36.4 Å². The maximum Gasteiger partial charge on any atom is 0.138 e. The Balaban J connectivity index is 2.29. The Morgan fingerprint density at radius 2 is 2.15 bits per heavy atom. The molecule has 0 unspecified atom stereocenters. The molecule has 1 heterocycles. The monoisotopic (exact) mass is 196 g/mol. The number of hydrogen-bond donors (Lipinski definition) is 0. The van der Waals surface area contributed by atoms with Gasteiger partial charge in [-0.05, 0) is 12.1 Å². The van der Waals surface area contributed by atoms with Gasteiger partial charge in [-0.3, -0.25) is 0 Å². The van der Waals surface area contributed by atoms with E-state index >= 15 is 0 Å². The van der Waals surface area contributed by atoms with Gasteiger partial charge >= 0.3 is 0 Å². The maximum atomic E-state index is 5.99. The summed E-state index contributed by atoms with van der Waals surface area (Å²) in [5.41, 5.74) is 0.931. The Morgan fingerprint density at radius 1 is 1.31 bits per heavy atom. The molecule has 0 fully saturated rings. The smallest absolute Gasteiger partial charge is 0.138 e. The second-order valence-electron chi connectivity index (χ2n) is 2.75. The fourth-order valence-electron chi connectivity index (χ4n) is 1.22. The number of benzene rings is 1. The molecule has 0 radical (unpaired) electrons. The average molecular weight is 197 g/mol. The molecule has 1 aromatic rings. The van der Waals surface area contributed by atoms with Crippen molar-refractivity contribution < 1.29 is 9.78 Å². The summed E-state index contributed by atoms with van der Waals surface area (Å²) in [7, 11) is 0. The molecular formula is C10H9ClO2. The van der Waals surface area contributed by atoms with Gasteiger partial charge in [-0.2, -0.15) is 0 Å². The van der Waals surface area contributed by atoms with Crippen molar-refractivity contribution in [3.63, 3.8) is 0 Å². The van der Waals surface area contributed by atoms with Crippen LogP contribution in [0.1, 0.15) is 11.7 Å². The highest BCUT2D eigenvalue weighted by Crippen LogP contribution is 2.27. The zero-order chi connectivity index (χ0) is 9.10. The summed E-state index contributed by atoms with van der Waals surface area (Å²) >= 11 is 5.99. The quantitative estimate of drug-likeness (QED) is 0.508. The van der Waals surface area contributed by atoms with Crippen LogP contribution in [0, 0.1) is 0 Å². The third kappa shape index (κ3) is 1.91. The van der Waals surface area contributed by atoms with E-state index in [1.165, 1.54) is 0 Å². The number of halogens is 1. The largest absolute Gasteiger partial charge is 0.232 e. The fourth-order valence-corrected chi connectivity index (χ4v) is 1.47. The Kier molecular flexibility index (Phi) is 2.64. The molecule has 0 aromatic heterocycles. The van der Waals surface area contributed by atoms with Gasteiger partial charge < -0.3 is 0 Å². The first-order valence-corrected chi connectivity index (χ1v) is 4.45. The van der Waals surface area contributed by atoms with E-state index in [4.69, 9.17) is 21.4 Å². The summed E-state index contributed by atoms with van der Waals surface area (Å²) in [6.07, 6.45) is 3.67. The second kappa shape index (κ2) is 3.92. The van der Waals surface area contributed by atoms with Gasteiger partial charge in [0, 0.05) is 10.6 Å². The third-order valence-electron chi connectivity index (χ3n) is 1.86. The Morgan fingerprint density at radius 3 is 2.85 bits per heavy atom. The van der Waals surface area contributed by atoms with E-state index in [0.29, 0.717) is 11.6 Å². The van der Waals surface area contributed by atoms with E-state index in [1.807, 2.05) is 36.4 Å². The molecular weight excluding hydrogens is 188 g/mol. The van der Waals surface area contributed by atoms with Gasteiger partial charge in [-0.1, -0.05) is 35.9 Å². The minimum absolute atomic E-state index is 0.178. The van der Waals surface area contributed by atoms with Gasteiger partial charge in [-0.15, -0.1) is 0 Å². The lowest BCUT2D eigenvalue weighted by molar-refractivity contribution is -0.315. The lowest BCUT2D eigenvalue weighted by Crippen LogP contribution is -2.08. The van der Waals surface area contributed by atoms with Crippen LogP contribution >= 0.6 is 11.6 Å². The molecule has 2 nitrogen and oxygen atoms in total. The molecule has 3 heteroatoms. The third-order valence-corrected chi connectivity index (χ3v) is 2.20. The zero-order valence-corrected chi connectivity index (χ0v) is 7.70. The van der Waals surface area contributed by atoms with Gasteiger partial charge in [0.15, 0.2) is 0 Å². The predicted octanol–water partition coefficient (Wildman–Crippen LogP) is 2.90. The molecule has 13 heavy (non-hydrogen) atoms. The standard InChI is InChI=1S/C10H9ClO2/c11-9-5-2-1-4-8(9)10-6-3-7-12-13-10/h1-6,10H,7H2/t10-/m0/s1. The van der Waals surface area contributed by atoms with Crippen LogP contribution in [0.25, 0.3) is 0 Å². The van der Waals surface area contributed by atoms with Crippen molar-refractivity contribution in [2.75, 3.05) is 6.61 Å². The topological polar surface area (TPSA) is 18.5 Å². The Labute approximate surface area is 81.7 Å². The lowest BCUT2D eigenvalue weighted by Gasteiger charge is -2.17. The molecule has 0 amide bonds. The second-order valence-corrected chi connectivity index (χ2v) is 3.16. The molecule has 1 atom stereocenters. The first kappa shape index (κ1) is 8.75. The summed E-state index contributed by atoms with van der Waals surface area (Å²) in [6.45, 7) is 0.501. The van der Waals surface area contributed by atoms with E-state index in [0.717, 1.165) is 5.56 Å². The normalized spacial score (nSPS) is 21.8. The predicted molar refractivity (Wildman–Crippen MR) is 50.4 cm³/mol. The van der Waals surface area contributed by atoms with Gasteiger partial charge in [0.2, 0.25) is 0 Å². The molecule has 68 valence electrons. The highest BCUT2D eigenvalue weighted by molar-refractivity contribution is 6.31. The van der Waals surface area contributed by atoms with Crippen LogP contribution in [0.5, 0.6) is 0 Å². The van der Waals surface area contributed by atoms with Crippen molar-refractivity contribution in [1.29, 1.82) is 0 Å². The van der Waals surface area contributed by atoms with Crippen LogP contribution in [0.2, 0.25) is 5.02 Å². The van der Waals surface area contributed by atoms with Crippen molar-refractivity contribution >= 4 is 11.6 Å². The molecule has 1 aromatic carbocycles. The van der Waals surface area contributed by atoms with Crippen LogP contribution in [0.3, 0.4) is 0 Å². The minimum Gasteiger partial charge on any atom is -0.232 e. The summed E-state index contributed by atoms with van der Waals surface area (Å²) in [5, 5.41) is 0.697. The van der Waals surface area contributed by atoms with Crippen molar-refractivity contribution in [1.82, 2.24) is 0 Å². The molecule has 2 rings (SSSR count). The molecule has 0 aliphatic carbocycles. The lowest BCUT2D eigenvalue weighted by atomic mass is 10.1. The minimum atomic E-state index is -0.178. The first-order valence-electron chi connectivity index (χ1n) is 4.07. The average Bonchev–Trinajstić information content (AvgIpc) is 2.20. The SMILES string of the molecule is Clc1ccccc1[C@@H]1C=CCOO1. The van der Waals surface area contributed by atoms with E-state index in [-0.39, 0.29) is 6.10 Å². The number of hydrogen-bond acceptors (Lipinski definition) is 2. The Bertz CT molecular complexity index is 322. The van der Waals surface area contributed by atoms with Crippen LogP contribution in [-0.4, -0.2) is 6.61 Å². The van der Waals surface area contributed by atoms with Crippen LogP contribution in [-0.2, 0) is 9.78 Å². The molecule has 0 spiro atoms. The van der Waals surface area contributed by atoms with Crippen LogP contribution in [0.4, 0.5) is 0 Å². The van der Waals surface area contributed by atoms with Crippen molar-refractivity contribution in [2.24, 2.45) is 0 Å². The molecule has 0 N–H and O–H groups in total. The van der Waals surface area contributed by atoms with E-state index < -0.39 is 0 Å². The molecule has 0 bridgehead atoms. The maximum absolute atomic E-state index is 5.99.